The van der Waals surface area contributed by atoms with Gasteiger partial charge in [-0.25, -0.2) is 8.42 Å². The van der Waals surface area contributed by atoms with E-state index in [4.69, 9.17) is 0 Å². The molecule has 1 fully saturated rings. The third kappa shape index (κ3) is 3.12. The number of para-hydroxylation sites is 1. The Hall–Kier alpha value is -1.67. The zero-order chi connectivity index (χ0) is 17.5. The van der Waals surface area contributed by atoms with Gasteiger partial charge >= 0.3 is 6.18 Å². The number of benzene rings is 1. The molecule has 2 aromatic rings. The fourth-order valence-electron chi connectivity index (χ4n) is 3.02. The van der Waals surface area contributed by atoms with E-state index < -0.39 is 28.7 Å². The first-order valence-corrected chi connectivity index (χ1v) is 9.06. The average Bonchev–Trinajstić information content (AvgIpc) is 2.53. The first-order chi connectivity index (χ1) is 11.2. The van der Waals surface area contributed by atoms with Crippen molar-refractivity contribution in [3.63, 3.8) is 0 Å². The van der Waals surface area contributed by atoms with Gasteiger partial charge in [-0.3, -0.25) is 4.98 Å². The van der Waals surface area contributed by atoms with Gasteiger partial charge in [0.1, 0.15) is 4.90 Å². The zero-order valence-corrected chi connectivity index (χ0v) is 13.9. The SMILES string of the molecule is Cc1cnc2c(S(=O)(=O)N3CCC[C@@H](C(F)(F)F)C3)cccc2c1. The van der Waals surface area contributed by atoms with Crippen molar-refractivity contribution in [1.82, 2.24) is 9.29 Å². The minimum absolute atomic E-state index is 0.0391. The molecular weight excluding hydrogens is 341 g/mol. The zero-order valence-electron chi connectivity index (χ0n) is 13.0. The Balaban J connectivity index is 2.02. The Labute approximate surface area is 138 Å². The first kappa shape index (κ1) is 17.2. The summed E-state index contributed by atoms with van der Waals surface area (Å²) in [6, 6.07) is 6.53. The van der Waals surface area contributed by atoms with Crippen molar-refractivity contribution in [3.8, 4) is 0 Å². The van der Waals surface area contributed by atoms with Crippen molar-refractivity contribution in [2.75, 3.05) is 13.1 Å². The highest BCUT2D eigenvalue weighted by molar-refractivity contribution is 7.89. The van der Waals surface area contributed by atoms with Crippen LogP contribution >= 0.6 is 0 Å². The number of hydrogen-bond acceptors (Lipinski definition) is 3. The highest BCUT2D eigenvalue weighted by atomic mass is 32.2. The fraction of sp³-hybridized carbons (Fsp3) is 0.438. The lowest BCUT2D eigenvalue weighted by molar-refractivity contribution is -0.182. The van der Waals surface area contributed by atoms with E-state index >= 15 is 0 Å². The number of alkyl halides is 3. The number of nitrogens with zero attached hydrogens (tertiary/aromatic N) is 2. The lowest BCUT2D eigenvalue weighted by Crippen LogP contribution is -2.44. The molecule has 0 bridgehead atoms. The van der Waals surface area contributed by atoms with Gasteiger partial charge in [-0.2, -0.15) is 17.5 Å². The van der Waals surface area contributed by atoms with Crippen LogP contribution in [0.2, 0.25) is 0 Å². The minimum Gasteiger partial charge on any atom is -0.255 e. The van der Waals surface area contributed by atoms with Gasteiger partial charge in [0.2, 0.25) is 10.0 Å². The van der Waals surface area contributed by atoms with Crippen molar-refractivity contribution < 1.29 is 21.6 Å². The highest BCUT2D eigenvalue weighted by Crippen LogP contribution is 2.35. The predicted octanol–water partition coefficient (Wildman–Crippen LogP) is 3.51. The smallest absolute Gasteiger partial charge is 0.255 e. The second-order valence-electron chi connectivity index (χ2n) is 6.08. The molecule has 4 nitrogen and oxygen atoms in total. The third-order valence-corrected chi connectivity index (χ3v) is 6.17. The summed E-state index contributed by atoms with van der Waals surface area (Å²) in [5, 5.41) is 0.653. The van der Waals surface area contributed by atoms with Crippen LogP contribution in [0.1, 0.15) is 18.4 Å². The number of aryl methyl sites for hydroxylation is 1. The van der Waals surface area contributed by atoms with Crippen LogP contribution in [0.3, 0.4) is 0 Å². The van der Waals surface area contributed by atoms with Crippen LogP contribution in [-0.2, 0) is 10.0 Å². The largest absolute Gasteiger partial charge is 0.393 e. The maximum absolute atomic E-state index is 13.0. The molecule has 130 valence electrons. The Kier molecular flexibility index (Phi) is 4.29. The summed E-state index contributed by atoms with van der Waals surface area (Å²) in [4.78, 5) is 4.14. The monoisotopic (exact) mass is 358 g/mol. The van der Waals surface area contributed by atoms with Crippen LogP contribution in [0.4, 0.5) is 13.2 Å². The Bertz CT molecular complexity index is 865. The van der Waals surface area contributed by atoms with Gasteiger partial charge < -0.3 is 0 Å². The summed E-state index contributed by atoms with van der Waals surface area (Å²) in [6.07, 6.45) is -2.68. The molecule has 1 aliphatic rings. The van der Waals surface area contributed by atoms with E-state index in [1.165, 1.54) is 6.07 Å². The molecule has 0 saturated carbocycles. The quantitative estimate of drug-likeness (QED) is 0.826. The number of sulfonamides is 1. The van der Waals surface area contributed by atoms with Crippen LogP contribution in [-0.4, -0.2) is 37.0 Å². The van der Waals surface area contributed by atoms with Gasteiger partial charge in [0.05, 0.1) is 11.4 Å². The molecule has 1 saturated heterocycles. The second-order valence-corrected chi connectivity index (χ2v) is 7.99. The van der Waals surface area contributed by atoms with Crippen LogP contribution in [0.15, 0.2) is 35.4 Å². The Morgan fingerprint density at radius 2 is 2.04 bits per heavy atom. The van der Waals surface area contributed by atoms with Crippen molar-refractivity contribution in [2.24, 2.45) is 5.92 Å². The predicted molar refractivity (Wildman–Crippen MR) is 84.0 cm³/mol. The third-order valence-electron chi connectivity index (χ3n) is 4.28. The number of aromatic nitrogens is 1. The molecule has 0 radical (unpaired) electrons. The maximum atomic E-state index is 13.0. The molecule has 1 aromatic carbocycles. The molecule has 3 rings (SSSR count). The summed E-state index contributed by atoms with van der Waals surface area (Å²) >= 11 is 0. The molecule has 0 aliphatic carbocycles. The lowest BCUT2D eigenvalue weighted by Gasteiger charge is -2.33. The Morgan fingerprint density at radius 1 is 1.29 bits per heavy atom. The second kappa shape index (κ2) is 6.00. The molecular formula is C16H17F3N2O2S. The van der Waals surface area contributed by atoms with E-state index in [-0.39, 0.29) is 29.8 Å². The van der Waals surface area contributed by atoms with Crippen molar-refractivity contribution in [2.45, 2.75) is 30.8 Å². The van der Waals surface area contributed by atoms with Gasteiger partial charge in [0.15, 0.2) is 0 Å². The molecule has 0 amide bonds. The van der Waals surface area contributed by atoms with Gasteiger partial charge in [-0.05, 0) is 37.5 Å². The molecule has 1 aromatic heterocycles. The van der Waals surface area contributed by atoms with E-state index in [1.54, 1.807) is 24.4 Å². The number of hydrogen-bond donors (Lipinski definition) is 0. The summed E-state index contributed by atoms with van der Waals surface area (Å²) in [5.74, 6) is -1.62. The van der Waals surface area contributed by atoms with Gasteiger partial charge in [0, 0.05) is 24.7 Å². The van der Waals surface area contributed by atoms with E-state index in [0.29, 0.717) is 5.39 Å². The van der Waals surface area contributed by atoms with Crippen LogP contribution < -0.4 is 0 Å². The van der Waals surface area contributed by atoms with Crippen LogP contribution in [0.25, 0.3) is 10.9 Å². The molecule has 1 aliphatic heterocycles. The van der Waals surface area contributed by atoms with E-state index in [0.717, 1.165) is 9.87 Å². The summed E-state index contributed by atoms with van der Waals surface area (Å²) in [7, 11) is -4.02. The van der Waals surface area contributed by atoms with Gasteiger partial charge in [0.25, 0.3) is 0 Å². The molecule has 8 heteroatoms. The Morgan fingerprint density at radius 3 is 2.75 bits per heavy atom. The summed E-state index contributed by atoms with van der Waals surface area (Å²) in [6.45, 7) is 1.40. The molecule has 0 spiro atoms. The number of piperidine rings is 1. The number of rotatable bonds is 2. The van der Waals surface area contributed by atoms with E-state index in [2.05, 4.69) is 4.98 Å². The highest BCUT2D eigenvalue weighted by Gasteiger charge is 2.44. The van der Waals surface area contributed by atoms with Crippen molar-refractivity contribution in [3.05, 3.63) is 36.0 Å². The summed E-state index contributed by atoms with van der Waals surface area (Å²) < 4.78 is 65.6. The van der Waals surface area contributed by atoms with Crippen molar-refractivity contribution >= 4 is 20.9 Å². The van der Waals surface area contributed by atoms with E-state index in [1.807, 2.05) is 6.92 Å². The fourth-order valence-corrected chi connectivity index (χ4v) is 4.71. The van der Waals surface area contributed by atoms with Crippen LogP contribution in [0, 0.1) is 12.8 Å². The normalized spacial score (nSPS) is 20.4. The number of pyridine rings is 1. The van der Waals surface area contributed by atoms with Crippen LogP contribution in [0.5, 0.6) is 0 Å². The number of halogens is 3. The maximum Gasteiger partial charge on any atom is 0.393 e. The minimum atomic E-state index is -4.39. The van der Waals surface area contributed by atoms with Gasteiger partial charge in [-0.15, -0.1) is 0 Å². The van der Waals surface area contributed by atoms with Crippen molar-refractivity contribution in [1.29, 1.82) is 0 Å². The molecule has 1 atom stereocenters. The average molecular weight is 358 g/mol. The topological polar surface area (TPSA) is 50.3 Å². The van der Waals surface area contributed by atoms with E-state index in [9.17, 15) is 21.6 Å². The number of fused-ring (bicyclic) bond motifs is 1. The molecule has 0 N–H and O–H groups in total. The first-order valence-electron chi connectivity index (χ1n) is 7.62. The molecule has 0 unspecified atom stereocenters. The molecule has 2 heterocycles. The lowest BCUT2D eigenvalue weighted by atomic mass is 9.99. The molecule has 24 heavy (non-hydrogen) atoms. The van der Waals surface area contributed by atoms with Gasteiger partial charge in [-0.1, -0.05) is 12.1 Å². The summed E-state index contributed by atoms with van der Waals surface area (Å²) in [5.41, 5.74) is 1.17. The standard InChI is InChI=1S/C16H17F3N2O2S/c1-11-8-12-4-2-6-14(15(12)20-9-11)24(22,23)21-7-3-5-13(10-21)16(17,18)19/h2,4,6,8-9,13H,3,5,7,10H2,1H3/t13-/m1/s1.